The first-order chi connectivity index (χ1) is 16.3. The van der Waals surface area contributed by atoms with Gasteiger partial charge in [-0.2, -0.15) is 0 Å². The summed E-state index contributed by atoms with van der Waals surface area (Å²) >= 11 is 0. The number of amides is 1. The first-order valence-corrected chi connectivity index (χ1v) is 11.6. The van der Waals surface area contributed by atoms with Crippen LogP contribution in [0.2, 0.25) is 0 Å². The van der Waals surface area contributed by atoms with Gasteiger partial charge in [0.1, 0.15) is 6.04 Å². The Morgan fingerprint density at radius 2 is 1.48 bits per heavy atom. The molecule has 1 aliphatic carbocycles. The average molecular weight is 444 g/mol. The summed E-state index contributed by atoms with van der Waals surface area (Å²) in [4.78, 5) is 15.1. The van der Waals surface area contributed by atoms with Gasteiger partial charge in [0, 0.05) is 18.6 Å². The number of hydrogen-bond donors (Lipinski definition) is 1. The van der Waals surface area contributed by atoms with Gasteiger partial charge in [-0.15, -0.1) is 0 Å². The fourth-order valence-electron chi connectivity index (χ4n) is 5.16. The van der Waals surface area contributed by atoms with Gasteiger partial charge in [-0.3, -0.25) is 4.90 Å². The number of aliphatic hydroxyl groups is 1. The molecular formula is C28H29NO4. The number of rotatable bonds is 8. The molecule has 0 unspecified atom stereocenters. The molecule has 1 aliphatic heterocycles. The molecule has 5 rings (SSSR count). The summed E-state index contributed by atoms with van der Waals surface area (Å²) in [6, 6.07) is 29.8. The highest BCUT2D eigenvalue weighted by molar-refractivity contribution is 5.72. The predicted octanol–water partition coefficient (Wildman–Crippen LogP) is 5.14. The van der Waals surface area contributed by atoms with E-state index >= 15 is 0 Å². The van der Waals surface area contributed by atoms with Gasteiger partial charge in [0.15, 0.2) is 6.10 Å². The highest BCUT2D eigenvalue weighted by Gasteiger charge is 2.54. The second-order valence-corrected chi connectivity index (χ2v) is 8.89. The van der Waals surface area contributed by atoms with Crippen LogP contribution in [-0.4, -0.2) is 35.4 Å². The van der Waals surface area contributed by atoms with Gasteiger partial charge in [0.25, 0.3) is 0 Å². The van der Waals surface area contributed by atoms with Crippen LogP contribution in [-0.2, 0) is 16.1 Å². The second kappa shape index (κ2) is 9.77. The molecule has 5 atom stereocenters. The lowest BCUT2D eigenvalue weighted by Gasteiger charge is -2.49. The van der Waals surface area contributed by atoms with Gasteiger partial charge in [0.05, 0.1) is 13.2 Å². The van der Waals surface area contributed by atoms with Crippen LogP contribution in [0.3, 0.4) is 0 Å². The molecule has 2 fully saturated rings. The molecular weight excluding hydrogens is 414 g/mol. The Bertz CT molecular complexity index is 1040. The zero-order chi connectivity index (χ0) is 22.6. The molecule has 0 radical (unpaired) electrons. The molecule has 170 valence electrons. The van der Waals surface area contributed by atoms with Gasteiger partial charge < -0.3 is 14.6 Å². The minimum Gasteiger partial charge on any atom is -0.439 e. The van der Waals surface area contributed by atoms with Crippen molar-refractivity contribution in [1.82, 2.24) is 4.90 Å². The lowest BCUT2D eigenvalue weighted by molar-refractivity contribution is -0.0624. The van der Waals surface area contributed by atoms with E-state index in [1.54, 1.807) is 0 Å². The number of carbonyl (C=O) groups excluding carboxylic acids is 1. The summed E-state index contributed by atoms with van der Waals surface area (Å²) in [5.74, 6) is 0.178. The fourth-order valence-corrected chi connectivity index (χ4v) is 5.16. The number of aliphatic hydroxyl groups excluding tert-OH is 1. The Kier molecular flexibility index (Phi) is 6.42. The van der Waals surface area contributed by atoms with Crippen molar-refractivity contribution >= 4 is 6.09 Å². The normalized spacial score (nSPS) is 26.6. The van der Waals surface area contributed by atoms with Crippen LogP contribution in [0.1, 0.15) is 35.3 Å². The molecule has 2 aliphatic rings. The van der Waals surface area contributed by atoms with Gasteiger partial charge in [-0.1, -0.05) is 91.0 Å². The van der Waals surface area contributed by atoms with Crippen LogP contribution in [0, 0.1) is 11.8 Å². The summed E-state index contributed by atoms with van der Waals surface area (Å²) in [6.45, 7) is 1.10. The molecule has 1 N–H and O–H groups in total. The van der Waals surface area contributed by atoms with Crippen molar-refractivity contribution in [2.45, 2.75) is 31.2 Å². The second-order valence-electron chi connectivity index (χ2n) is 8.89. The number of benzene rings is 3. The standard InChI is InChI=1S/C28H29NO4/c30-17-23-16-25(24(23)19-32-18-20-10-4-1-5-11-20)29-26(21-12-6-2-7-13-21)27(33-28(29)31)22-14-8-3-9-15-22/h1-15,23-27,30H,16-19H2/t23-,24+,25+,26+,27-/m1/s1. The summed E-state index contributed by atoms with van der Waals surface area (Å²) in [5, 5.41) is 9.92. The van der Waals surface area contributed by atoms with E-state index in [4.69, 9.17) is 9.47 Å². The zero-order valence-corrected chi connectivity index (χ0v) is 18.5. The Labute approximate surface area is 194 Å². The van der Waals surface area contributed by atoms with Gasteiger partial charge >= 0.3 is 6.09 Å². The Balaban J connectivity index is 1.38. The Morgan fingerprint density at radius 1 is 0.879 bits per heavy atom. The predicted molar refractivity (Wildman–Crippen MR) is 125 cm³/mol. The summed E-state index contributed by atoms with van der Waals surface area (Å²) in [7, 11) is 0. The SMILES string of the molecule is O=C1O[C@H](c2ccccc2)[C@H](c2ccccc2)N1[C@H]1C[C@H](CO)[C@@H]1COCc1ccccc1. The fraction of sp³-hybridized carbons (Fsp3) is 0.321. The Morgan fingerprint density at radius 3 is 2.12 bits per heavy atom. The van der Waals surface area contributed by atoms with E-state index < -0.39 is 0 Å². The molecule has 5 heteroatoms. The third kappa shape index (κ3) is 4.39. The minimum atomic E-state index is -0.375. The van der Waals surface area contributed by atoms with Gasteiger partial charge in [-0.25, -0.2) is 4.79 Å². The third-order valence-electron chi connectivity index (χ3n) is 6.95. The average Bonchev–Trinajstić information content (AvgIpc) is 3.20. The molecule has 0 bridgehead atoms. The maximum absolute atomic E-state index is 13.2. The molecule has 0 spiro atoms. The number of nitrogens with zero attached hydrogens (tertiary/aromatic N) is 1. The summed E-state index contributed by atoms with van der Waals surface area (Å²) in [5.41, 5.74) is 3.14. The largest absolute Gasteiger partial charge is 0.439 e. The summed E-state index contributed by atoms with van der Waals surface area (Å²) < 4.78 is 12.0. The molecule has 1 amide bonds. The van der Waals surface area contributed by atoms with Crippen molar-refractivity contribution in [2.75, 3.05) is 13.2 Å². The van der Waals surface area contributed by atoms with Crippen molar-refractivity contribution in [3.63, 3.8) is 0 Å². The smallest absolute Gasteiger partial charge is 0.411 e. The van der Waals surface area contributed by atoms with E-state index in [9.17, 15) is 9.90 Å². The molecule has 33 heavy (non-hydrogen) atoms. The molecule has 1 saturated carbocycles. The highest BCUT2D eigenvalue weighted by Crippen LogP contribution is 2.50. The van der Waals surface area contributed by atoms with E-state index in [2.05, 4.69) is 12.1 Å². The number of hydrogen-bond acceptors (Lipinski definition) is 4. The van der Waals surface area contributed by atoms with Gasteiger partial charge in [0.2, 0.25) is 0 Å². The van der Waals surface area contributed by atoms with Crippen LogP contribution >= 0.6 is 0 Å². The van der Waals surface area contributed by atoms with Crippen LogP contribution in [0.5, 0.6) is 0 Å². The minimum absolute atomic E-state index is 0.0376. The molecule has 1 saturated heterocycles. The monoisotopic (exact) mass is 443 g/mol. The van der Waals surface area contributed by atoms with E-state index in [0.29, 0.717) is 13.2 Å². The number of carbonyl (C=O) groups is 1. The van der Waals surface area contributed by atoms with E-state index in [0.717, 1.165) is 23.1 Å². The maximum Gasteiger partial charge on any atom is 0.411 e. The van der Waals surface area contributed by atoms with Crippen LogP contribution in [0.15, 0.2) is 91.0 Å². The topological polar surface area (TPSA) is 59.0 Å². The van der Waals surface area contributed by atoms with Crippen molar-refractivity contribution in [2.24, 2.45) is 11.8 Å². The van der Waals surface area contributed by atoms with E-state index in [1.165, 1.54) is 0 Å². The van der Waals surface area contributed by atoms with Crippen LogP contribution in [0.4, 0.5) is 4.79 Å². The van der Waals surface area contributed by atoms with Crippen molar-refractivity contribution in [3.8, 4) is 0 Å². The third-order valence-corrected chi connectivity index (χ3v) is 6.95. The lowest BCUT2D eigenvalue weighted by Crippen LogP contribution is -2.56. The molecule has 5 nitrogen and oxygen atoms in total. The van der Waals surface area contributed by atoms with Crippen LogP contribution in [0.25, 0.3) is 0 Å². The Hall–Kier alpha value is -3.15. The first-order valence-electron chi connectivity index (χ1n) is 11.6. The maximum atomic E-state index is 13.2. The summed E-state index contributed by atoms with van der Waals surface area (Å²) in [6.07, 6.45) is 0.0721. The highest BCUT2D eigenvalue weighted by atomic mass is 16.6. The first kappa shape index (κ1) is 21.7. The molecule has 3 aromatic carbocycles. The number of ether oxygens (including phenoxy) is 2. The quantitative estimate of drug-likeness (QED) is 0.524. The molecule has 1 heterocycles. The molecule has 0 aromatic heterocycles. The zero-order valence-electron chi connectivity index (χ0n) is 18.5. The van der Waals surface area contributed by atoms with E-state index in [-0.39, 0.29) is 42.7 Å². The van der Waals surface area contributed by atoms with Crippen molar-refractivity contribution in [1.29, 1.82) is 0 Å². The molecule has 3 aromatic rings. The van der Waals surface area contributed by atoms with Crippen LogP contribution < -0.4 is 0 Å². The van der Waals surface area contributed by atoms with Gasteiger partial charge in [-0.05, 0) is 29.0 Å². The number of cyclic esters (lactones) is 1. The van der Waals surface area contributed by atoms with Crippen molar-refractivity contribution in [3.05, 3.63) is 108 Å². The van der Waals surface area contributed by atoms with E-state index in [1.807, 2.05) is 83.8 Å². The van der Waals surface area contributed by atoms with Crippen molar-refractivity contribution < 1.29 is 19.4 Å². The lowest BCUT2D eigenvalue weighted by atomic mass is 9.68.